The van der Waals surface area contributed by atoms with Crippen LogP contribution in [-0.4, -0.2) is 36.5 Å². The molecule has 0 aromatic heterocycles. The van der Waals surface area contributed by atoms with E-state index in [-0.39, 0.29) is 18.1 Å². The number of ether oxygens (including phenoxy) is 1. The first-order valence-electron chi connectivity index (χ1n) is 6.66. The van der Waals surface area contributed by atoms with Crippen LogP contribution < -0.4 is 10.5 Å². The van der Waals surface area contributed by atoms with Gasteiger partial charge in [0, 0.05) is 25.2 Å². The fraction of sp³-hybridized carbons (Fsp3) is 0.533. The molecule has 4 nitrogen and oxygen atoms in total. The van der Waals surface area contributed by atoms with Crippen molar-refractivity contribution in [2.45, 2.75) is 39.3 Å². The number of nitrogens with zero attached hydrogens (tertiary/aromatic N) is 1. The number of hydrogen-bond donors (Lipinski definition) is 1. The molecule has 19 heavy (non-hydrogen) atoms. The summed E-state index contributed by atoms with van der Waals surface area (Å²) in [5.41, 5.74) is 6.50. The summed E-state index contributed by atoms with van der Waals surface area (Å²) in [6.07, 6.45) is 0.431. The predicted molar refractivity (Wildman–Crippen MR) is 77.2 cm³/mol. The molecular formula is C15H24N2O2. The van der Waals surface area contributed by atoms with Crippen molar-refractivity contribution in [2.75, 3.05) is 13.6 Å². The van der Waals surface area contributed by atoms with E-state index in [2.05, 4.69) is 0 Å². The number of likely N-dealkylation sites (N-methyl/N-ethyl adjacent to an activating group) is 1. The molecule has 1 aromatic carbocycles. The Morgan fingerprint density at radius 3 is 2.53 bits per heavy atom. The van der Waals surface area contributed by atoms with Crippen molar-refractivity contribution in [3.63, 3.8) is 0 Å². The number of para-hydroxylation sites is 1. The van der Waals surface area contributed by atoms with Crippen LogP contribution in [0, 0.1) is 0 Å². The summed E-state index contributed by atoms with van der Waals surface area (Å²) in [5.74, 6) is 0.831. The zero-order valence-corrected chi connectivity index (χ0v) is 12.2. The molecule has 2 N–H and O–H groups in total. The Labute approximate surface area is 115 Å². The Morgan fingerprint density at radius 2 is 1.95 bits per heavy atom. The van der Waals surface area contributed by atoms with Gasteiger partial charge in [-0.15, -0.1) is 0 Å². The standard InChI is InChI=1S/C15H24N2O2/c1-11(2)19-14-8-6-5-7-13(14)9-15(18)17(4)12(3)10-16/h5-8,11-12H,9-10,16H2,1-4H3. The minimum Gasteiger partial charge on any atom is -0.491 e. The lowest BCUT2D eigenvalue weighted by Crippen LogP contribution is -2.40. The van der Waals surface area contributed by atoms with Gasteiger partial charge < -0.3 is 15.4 Å². The van der Waals surface area contributed by atoms with E-state index in [4.69, 9.17) is 10.5 Å². The van der Waals surface area contributed by atoms with Gasteiger partial charge in [0.05, 0.1) is 12.5 Å². The minimum atomic E-state index is 0.0469. The summed E-state index contributed by atoms with van der Waals surface area (Å²) >= 11 is 0. The lowest BCUT2D eigenvalue weighted by Gasteiger charge is -2.24. The van der Waals surface area contributed by atoms with Gasteiger partial charge in [-0.25, -0.2) is 0 Å². The van der Waals surface area contributed by atoms with E-state index in [0.29, 0.717) is 13.0 Å². The molecule has 0 aliphatic carbocycles. The Hall–Kier alpha value is -1.55. The van der Waals surface area contributed by atoms with Gasteiger partial charge in [0.15, 0.2) is 0 Å². The second-order valence-electron chi connectivity index (χ2n) is 5.04. The van der Waals surface area contributed by atoms with Crippen LogP contribution in [0.3, 0.4) is 0 Å². The van der Waals surface area contributed by atoms with E-state index in [1.807, 2.05) is 45.0 Å². The lowest BCUT2D eigenvalue weighted by atomic mass is 10.1. The van der Waals surface area contributed by atoms with Crippen molar-refractivity contribution in [1.82, 2.24) is 4.90 Å². The molecule has 1 amide bonds. The number of benzene rings is 1. The molecule has 0 aliphatic heterocycles. The smallest absolute Gasteiger partial charge is 0.227 e. The third kappa shape index (κ3) is 4.56. The molecule has 1 unspecified atom stereocenters. The highest BCUT2D eigenvalue weighted by Crippen LogP contribution is 2.20. The Morgan fingerprint density at radius 1 is 1.32 bits per heavy atom. The van der Waals surface area contributed by atoms with Gasteiger partial charge in [0.2, 0.25) is 5.91 Å². The minimum absolute atomic E-state index is 0.0469. The van der Waals surface area contributed by atoms with Crippen LogP contribution in [-0.2, 0) is 11.2 Å². The van der Waals surface area contributed by atoms with Gasteiger partial charge in [-0.2, -0.15) is 0 Å². The zero-order chi connectivity index (χ0) is 14.4. The molecule has 0 saturated carbocycles. The molecule has 0 spiro atoms. The van der Waals surface area contributed by atoms with Gasteiger partial charge in [-0.3, -0.25) is 4.79 Å². The first-order chi connectivity index (χ1) is 8.95. The van der Waals surface area contributed by atoms with E-state index in [0.717, 1.165) is 11.3 Å². The van der Waals surface area contributed by atoms with Crippen molar-refractivity contribution in [3.8, 4) is 5.75 Å². The van der Waals surface area contributed by atoms with E-state index in [1.165, 1.54) is 0 Å². The number of carbonyl (C=O) groups excluding carboxylic acids is 1. The third-order valence-corrected chi connectivity index (χ3v) is 3.07. The molecule has 1 aromatic rings. The number of carbonyl (C=O) groups is 1. The van der Waals surface area contributed by atoms with Crippen molar-refractivity contribution >= 4 is 5.91 Å². The van der Waals surface area contributed by atoms with Crippen LogP contribution >= 0.6 is 0 Å². The highest BCUT2D eigenvalue weighted by molar-refractivity contribution is 5.79. The molecule has 106 valence electrons. The van der Waals surface area contributed by atoms with E-state index in [1.54, 1.807) is 11.9 Å². The summed E-state index contributed by atoms with van der Waals surface area (Å²) in [7, 11) is 1.78. The van der Waals surface area contributed by atoms with Crippen LogP contribution in [0.25, 0.3) is 0 Å². The van der Waals surface area contributed by atoms with Gasteiger partial charge >= 0.3 is 0 Å². The number of hydrogen-bond acceptors (Lipinski definition) is 3. The molecular weight excluding hydrogens is 240 g/mol. The molecule has 1 rings (SSSR count). The van der Waals surface area contributed by atoms with Crippen LogP contribution in [0.4, 0.5) is 0 Å². The summed E-state index contributed by atoms with van der Waals surface area (Å²) in [4.78, 5) is 13.9. The molecule has 0 bridgehead atoms. The monoisotopic (exact) mass is 264 g/mol. The average molecular weight is 264 g/mol. The lowest BCUT2D eigenvalue weighted by molar-refractivity contribution is -0.130. The maximum absolute atomic E-state index is 12.2. The van der Waals surface area contributed by atoms with Gasteiger partial charge in [0.1, 0.15) is 5.75 Å². The topological polar surface area (TPSA) is 55.6 Å². The summed E-state index contributed by atoms with van der Waals surface area (Å²) < 4.78 is 5.72. The predicted octanol–water partition coefficient (Wildman–Crippen LogP) is 1.82. The van der Waals surface area contributed by atoms with Crippen molar-refractivity contribution in [3.05, 3.63) is 29.8 Å². The maximum Gasteiger partial charge on any atom is 0.227 e. The van der Waals surface area contributed by atoms with Crippen molar-refractivity contribution in [1.29, 1.82) is 0 Å². The van der Waals surface area contributed by atoms with E-state index >= 15 is 0 Å². The van der Waals surface area contributed by atoms with Crippen LogP contribution in [0.1, 0.15) is 26.3 Å². The Kier molecular flexibility index (Phi) is 5.83. The Bertz CT molecular complexity index is 418. The molecule has 0 radical (unpaired) electrons. The normalized spacial score (nSPS) is 12.3. The largest absolute Gasteiger partial charge is 0.491 e. The zero-order valence-electron chi connectivity index (χ0n) is 12.2. The molecule has 0 aliphatic rings. The molecule has 1 atom stereocenters. The van der Waals surface area contributed by atoms with E-state index < -0.39 is 0 Å². The second-order valence-corrected chi connectivity index (χ2v) is 5.04. The number of nitrogens with two attached hydrogens (primary N) is 1. The summed E-state index contributed by atoms with van der Waals surface area (Å²) in [6.45, 7) is 6.35. The average Bonchev–Trinajstić information content (AvgIpc) is 2.38. The first-order valence-corrected chi connectivity index (χ1v) is 6.66. The van der Waals surface area contributed by atoms with Crippen molar-refractivity contribution < 1.29 is 9.53 Å². The Balaban J connectivity index is 2.79. The molecule has 0 heterocycles. The molecule has 0 saturated heterocycles. The third-order valence-electron chi connectivity index (χ3n) is 3.07. The summed E-state index contributed by atoms with van der Waals surface area (Å²) in [6, 6.07) is 7.71. The highest BCUT2D eigenvalue weighted by atomic mass is 16.5. The highest BCUT2D eigenvalue weighted by Gasteiger charge is 2.16. The van der Waals surface area contributed by atoms with Gasteiger partial charge in [0.25, 0.3) is 0 Å². The van der Waals surface area contributed by atoms with Gasteiger partial charge in [-0.1, -0.05) is 18.2 Å². The fourth-order valence-electron chi connectivity index (χ4n) is 1.71. The first kappa shape index (κ1) is 15.5. The fourth-order valence-corrected chi connectivity index (χ4v) is 1.71. The second kappa shape index (κ2) is 7.14. The number of rotatable bonds is 6. The maximum atomic E-state index is 12.2. The summed E-state index contributed by atoms with van der Waals surface area (Å²) in [5, 5.41) is 0. The van der Waals surface area contributed by atoms with Crippen LogP contribution in [0.5, 0.6) is 5.75 Å². The van der Waals surface area contributed by atoms with Crippen LogP contribution in [0.2, 0.25) is 0 Å². The van der Waals surface area contributed by atoms with Crippen molar-refractivity contribution in [2.24, 2.45) is 5.73 Å². The SMILES string of the molecule is CC(C)Oc1ccccc1CC(=O)N(C)C(C)CN. The quantitative estimate of drug-likeness (QED) is 0.852. The molecule has 4 heteroatoms. The van der Waals surface area contributed by atoms with E-state index in [9.17, 15) is 4.79 Å². The number of amides is 1. The molecule has 0 fully saturated rings. The van der Waals surface area contributed by atoms with Gasteiger partial charge in [-0.05, 0) is 26.8 Å². The van der Waals surface area contributed by atoms with Crippen LogP contribution in [0.15, 0.2) is 24.3 Å².